The number of halogens is 1. The molecule has 0 fully saturated rings. The van der Waals surface area contributed by atoms with Crippen molar-refractivity contribution in [1.29, 1.82) is 0 Å². The number of carboxylic acid groups (broad SMARTS) is 1. The van der Waals surface area contributed by atoms with Crippen molar-refractivity contribution in [2.75, 3.05) is 6.67 Å². The van der Waals surface area contributed by atoms with Crippen LogP contribution in [0.3, 0.4) is 0 Å². The maximum absolute atomic E-state index is 12.5. The number of hydrogen-bond acceptors (Lipinski definition) is 4. The minimum Gasteiger partial charge on any atom is -0.481 e. The molecule has 1 atom stereocenters. The van der Waals surface area contributed by atoms with Crippen molar-refractivity contribution in [2.45, 2.75) is 12.0 Å². The highest BCUT2D eigenvalue weighted by Crippen LogP contribution is 2.27. The van der Waals surface area contributed by atoms with E-state index >= 15 is 0 Å². The molecular formula is C10H10FNO5. The lowest BCUT2D eigenvalue weighted by atomic mass is 9.88. The third-order valence-corrected chi connectivity index (χ3v) is 2.26. The van der Waals surface area contributed by atoms with E-state index < -0.39 is 30.4 Å². The number of amides is 1. The molecule has 1 rings (SSSR count). The fourth-order valence-corrected chi connectivity index (χ4v) is 1.49. The molecule has 17 heavy (non-hydrogen) atoms. The van der Waals surface area contributed by atoms with Gasteiger partial charge in [0.2, 0.25) is 6.41 Å². The summed E-state index contributed by atoms with van der Waals surface area (Å²) in [5.41, 5.74) is -1.99. The van der Waals surface area contributed by atoms with Gasteiger partial charge in [-0.05, 0) is 12.1 Å². The average Bonchev–Trinajstić information content (AvgIpc) is 2.80. The number of carbonyl (C=O) groups is 3. The Kier molecular flexibility index (Phi) is 3.97. The average molecular weight is 243 g/mol. The van der Waals surface area contributed by atoms with Gasteiger partial charge in [0.05, 0.1) is 12.7 Å². The second-order valence-corrected chi connectivity index (χ2v) is 3.27. The zero-order chi connectivity index (χ0) is 12.9. The number of aliphatic carboxylic acids is 1. The quantitative estimate of drug-likeness (QED) is 0.668. The van der Waals surface area contributed by atoms with Crippen LogP contribution in [0.1, 0.15) is 12.2 Å². The molecule has 0 aromatic carbocycles. The number of carbonyl (C=O) groups excluding carboxylic acids is 2. The van der Waals surface area contributed by atoms with Crippen molar-refractivity contribution in [3.63, 3.8) is 0 Å². The molecule has 1 aromatic rings. The Labute approximate surface area is 95.4 Å². The van der Waals surface area contributed by atoms with Crippen LogP contribution in [0.25, 0.3) is 0 Å². The van der Waals surface area contributed by atoms with Crippen LogP contribution in [0, 0.1) is 0 Å². The van der Waals surface area contributed by atoms with E-state index in [2.05, 4.69) is 0 Å². The molecule has 1 heterocycles. The lowest BCUT2D eigenvalue weighted by Crippen LogP contribution is -2.50. The molecule has 0 saturated heterocycles. The van der Waals surface area contributed by atoms with Gasteiger partial charge >= 0.3 is 5.97 Å². The van der Waals surface area contributed by atoms with Crippen LogP contribution >= 0.6 is 0 Å². The molecule has 2 N–H and O–H groups in total. The van der Waals surface area contributed by atoms with Crippen LogP contribution < -0.4 is 5.32 Å². The minimum atomic E-state index is -1.99. The SMILES string of the molecule is O=CNC(CC(=O)O)(C(=O)CF)c1ccco1. The number of carboxylic acids is 1. The van der Waals surface area contributed by atoms with Gasteiger partial charge in [-0.3, -0.25) is 14.4 Å². The van der Waals surface area contributed by atoms with Gasteiger partial charge in [0.25, 0.3) is 0 Å². The Morgan fingerprint density at radius 1 is 1.59 bits per heavy atom. The van der Waals surface area contributed by atoms with Crippen molar-refractivity contribution in [1.82, 2.24) is 5.32 Å². The summed E-state index contributed by atoms with van der Waals surface area (Å²) in [6, 6.07) is 2.71. The maximum Gasteiger partial charge on any atom is 0.306 e. The van der Waals surface area contributed by atoms with Crippen molar-refractivity contribution in [3.8, 4) is 0 Å². The molecule has 1 aromatic heterocycles. The Bertz CT molecular complexity index is 416. The van der Waals surface area contributed by atoms with Crippen LogP contribution in [0.2, 0.25) is 0 Å². The molecule has 92 valence electrons. The van der Waals surface area contributed by atoms with Gasteiger partial charge in [-0.15, -0.1) is 0 Å². The first-order valence-corrected chi connectivity index (χ1v) is 4.63. The summed E-state index contributed by atoms with van der Waals surface area (Å²) >= 11 is 0. The Hall–Kier alpha value is -2.18. The van der Waals surface area contributed by atoms with E-state index in [1.165, 1.54) is 18.4 Å². The first-order valence-electron chi connectivity index (χ1n) is 4.63. The summed E-state index contributed by atoms with van der Waals surface area (Å²) in [5.74, 6) is -2.56. The molecule has 0 saturated carbocycles. The predicted octanol–water partition coefficient (Wildman–Crippen LogP) is 0.234. The first kappa shape index (κ1) is 12.9. The monoisotopic (exact) mass is 243 g/mol. The van der Waals surface area contributed by atoms with Gasteiger partial charge in [-0.25, -0.2) is 4.39 Å². The summed E-state index contributed by atoms with van der Waals surface area (Å²) in [7, 11) is 0. The topological polar surface area (TPSA) is 96.6 Å². The third kappa shape index (κ3) is 2.49. The van der Waals surface area contributed by atoms with E-state index in [0.717, 1.165) is 0 Å². The van der Waals surface area contributed by atoms with Gasteiger partial charge in [0.15, 0.2) is 18.0 Å². The van der Waals surface area contributed by atoms with Crippen molar-refractivity contribution in [3.05, 3.63) is 24.2 Å². The maximum atomic E-state index is 12.5. The van der Waals surface area contributed by atoms with Crippen LogP contribution in [-0.2, 0) is 19.9 Å². The first-order chi connectivity index (χ1) is 8.06. The molecule has 0 radical (unpaired) electrons. The lowest BCUT2D eigenvalue weighted by Gasteiger charge is -2.26. The van der Waals surface area contributed by atoms with Gasteiger partial charge in [-0.2, -0.15) is 0 Å². The van der Waals surface area contributed by atoms with Crippen molar-refractivity contribution < 1.29 is 28.3 Å². The number of nitrogens with one attached hydrogen (secondary N) is 1. The van der Waals surface area contributed by atoms with E-state index in [0.29, 0.717) is 0 Å². The molecule has 0 aliphatic carbocycles. The van der Waals surface area contributed by atoms with Crippen LogP contribution in [0.15, 0.2) is 22.8 Å². The van der Waals surface area contributed by atoms with Gasteiger partial charge < -0.3 is 14.8 Å². The highest BCUT2D eigenvalue weighted by molar-refractivity contribution is 5.94. The number of alkyl halides is 1. The van der Waals surface area contributed by atoms with Crippen LogP contribution in [0.4, 0.5) is 4.39 Å². The predicted molar refractivity (Wildman–Crippen MR) is 52.8 cm³/mol. The Morgan fingerprint density at radius 3 is 2.71 bits per heavy atom. The number of furan rings is 1. The molecule has 0 aliphatic heterocycles. The summed E-state index contributed by atoms with van der Waals surface area (Å²) in [6.45, 7) is -1.41. The van der Waals surface area contributed by atoms with Gasteiger partial charge in [-0.1, -0.05) is 0 Å². The van der Waals surface area contributed by atoms with Crippen LogP contribution in [-0.4, -0.2) is 29.9 Å². The Morgan fingerprint density at radius 2 is 2.29 bits per heavy atom. The largest absolute Gasteiger partial charge is 0.481 e. The number of Topliss-reactive ketones (excluding diaryl/α,β-unsaturated/α-hetero) is 1. The summed E-state index contributed by atoms with van der Waals surface area (Å²) in [6.07, 6.45) is 0.547. The van der Waals surface area contributed by atoms with E-state index in [9.17, 15) is 18.8 Å². The van der Waals surface area contributed by atoms with Crippen molar-refractivity contribution >= 4 is 18.2 Å². The van der Waals surface area contributed by atoms with E-state index in [1.807, 2.05) is 5.32 Å². The molecular weight excluding hydrogens is 233 g/mol. The summed E-state index contributed by atoms with van der Waals surface area (Å²) < 4.78 is 17.4. The second kappa shape index (κ2) is 5.24. The zero-order valence-electron chi connectivity index (χ0n) is 8.68. The van der Waals surface area contributed by atoms with Crippen molar-refractivity contribution in [2.24, 2.45) is 0 Å². The molecule has 0 spiro atoms. The van der Waals surface area contributed by atoms with Gasteiger partial charge in [0.1, 0.15) is 5.76 Å². The van der Waals surface area contributed by atoms with E-state index in [1.54, 1.807) is 0 Å². The highest BCUT2D eigenvalue weighted by atomic mass is 19.1. The number of ketones is 1. The molecule has 1 unspecified atom stereocenters. The Balaban J connectivity index is 3.24. The molecule has 0 aliphatic rings. The highest BCUT2D eigenvalue weighted by Gasteiger charge is 2.44. The van der Waals surface area contributed by atoms with Gasteiger partial charge in [0, 0.05) is 0 Å². The van der Waals surface area contributed by atoms with E-state index in [-0.39, 0.29) is 12.2 Å². The summed E-state index contributed by atoms with van der Waals surface area (Å²) in [4.78, 5) is 32.8. The third-order valence-electron chi connectivity index (χ3n) is 2.26. The fraction of sp³-hybridized carbons (Fsp3) is 0.300. The number of hydrogen-bond donors (Lipinski definition) is 2. The van der Waals surface area contributed by atoms with E-state index in [4.69, 9.17) is 9.52 Å². The molecule has 6 nitrogen and oxygen atoms in total. The number of rotatable bonds is 7. The normalized spacial score (nSPS) is 13.7. The molecule has 7 heteroatoms. The minimum absolute atomic E-state index is 0.116. The summed E-state index contributed by atoms with van der Waals surface area (Å²) in [5, 5.41) is 10.8. The lowest BCUT2D eigenvalue weighted by molar-refractivity contribution is -0.144. The fourth-order valence-electron chi connectivity index (χ4n) is 1.49. The second-order valence-electron chi connectivity index (χ2n) is 3.27. The standard InChI is InChI=1S/C10H10FNO5/c11-5-7(14)10(12-6-13,4-9(15)16)8-2-1-3-17-8/h1-3,6H,4-5H2,(H,12,13)(H,15,16). The van der Waals surface area contributed by atoms with Crippen LogP contribution in [0.5, 0.6) is 0 Å². The smallest absolute Gasteiger partial charge is 0.306 e. The molecule has 1 amide bonds. The zero-order valence-corrected chi connectivity index (χ0v) is 8.68. The molecule has 0 bridgehead atoms.